The zero-order chi connectivity index (χ0) is 19.8. The number of rotatable bonds is 5. The van der Waals surface area contributed by atoms with Gasteiger partial charge in [-0.1, -0.05) is 0 Å². The van der Waals surface area contributed by atoms with Crippen LogP contribution < -0.4 is 4.74 Å². The van der Waals surface area contributed by atoms with E-state index in [0.29, 0.717) is 37.6 Å². The fourth-order valence-electron chi connectivity index (χ4n) is 4.75. The number of nitrogens with zero attached hydrogens (tertiary/aromatic N) is 3. The monoisotopic (exact) mass is 395 g/mol. The van der Waals surface area contributed by atoms with Gasteiger partial charge >= 0.3 is 0 Å². The standard InChI is InChI=1S/C23H29N3O3/c1-15-5-8-24-21(11-15)19-12-18(19)14-27-22-20(13-25-16(2)26-22)17-3-6-23(7-4-17)28-9-10-29-23/h5,8,11,13,17-19H,3-4,6-7,9-10,12,14H2,1-2H3. The normalized spacial score (nSPS) is 26.0. The lowest BCUT2D eigenvalue weighted by Gasteiger charge is -2.35. The zero-order valence-electron chi connectivity index (χ0n) is 17.3. The van der Waals surface area contributed by atoms with Gasteiger partial charge < -0.3 is 14.2 Å². The molecule has 2 aromatic rings. The van der Waals surface area contributed by atoms with E-state index < -0.39 is 0 Å². The molecule has 3 fully saturated rings. The first-order chi connectivity index (χ1) is 14.1. The van der Waals surface area contributed by atoms with Crippen LogP contribution in [0.15, 0.2) is 24.5 Å². The Kier molecular flexibility index (Phi) is 5.00. The van der Waals surface area contributed by atoms with Gasteiger partial charge in [0.2, 0.25) is 5.88 Å². The van der Waals surface area contributed by atoms with Gasteiger partial charge in [-0.25, -0.2) is 4.98 Å². The van der Waals surface area contributed by atoms with Crippen LogP contribution in [0.4, 0.5) is 0 Å². The Morgan fingerprint density at radius 3 is 2.69 bits per heavy atom. The summed E-state index contributed by atoms with van der Waals surface area (Å²) in [5, 5.41) is 0. The van der Waals surface area contributed by atoms with E-state index in [2.05, 4.69) is 27.9 Å². The Balaban J connectivity index is 1.23. The van der Waals surface area contributed by atoms with Gasteiger partial charge in [-0.2, -0.15) is 4.98 Å². The quantitative estimate of drug-likeness (QED) is 0.760. The van der Waals surface area contributed by atoms with Crippen molar-refractivity contribution < 1.29 is 14.2 Å². The van der Waals surface area contributed by atoms with Crippen LogP contribution in [0.5, 0.6) is 5.88 Å². The highest BCUT2D eigenvalue weighted by molar-refractivity contribution is 5.29. The number of ether oxygens (including phenoxy) is 3. The SMILES string of the molecule is Cc1ccnc(C2CC2COc2nc(C)ncc2C2CCC3(CC2)OCCO3)c1. The molecular weight excluding hydrogens is 366 g/mol. The highest BCUT2D eigenvalue weighted by atomic mass is 16.7. The zero-order valence-corrected chi connectivity index (χ0v) is 17.3. The molecule has 2 aromatic heterocycles. The van der Waals surface area contributed by atoms with Gasteiger partial charge in [0.15, 0.2) is 5.79 Å². The lowest BCUT2D eigenvalue weighted by atomic mass is 9.81. The molecule has 0 aromatic carbocycles. The van der Waals surface area contributed by atoms with Crippen LogP contribution in [-0.2, 0) is 9.47 Å². The summed E-state index contributed by atoms with van der Waals surface area (Å²) in [6, 6.07) is 4.24. The molecule has 0 bridgehead atoms. The van der Waals surface area contributed by atoms with Crippen molar-refractivity contribution in [2.24, 2.45) is 5.92 Å². The second-order valence-corrected chi connectivity index (χ2v) is 8.73. The maximum Gasteiger partial charge on any atom is 0.220 e. The molecule has 1 spiro atoms. The van der Waals surface area contributed by atoms with E-state index in [9.17, 15) is 0 Å². The van der Waals surface area contributed by atoms with Crippen molar-refractivity contribution in [2.75, 3.05) is 19.8 Å². The third-order valence-electron chi connectivity index (χ3n) is 6.57. The van der Waals surface area contributed by atoms with Crippen molar-refractivity contribution in [3.8, 4) is 5.88 Å². The molecular formula is C23H29N3O3. The van der Waals surface area contributed by atoms with Crippen LogP contribution in [-0.4, -0.2) is 40.6 Å². The number of hydrogen-bond acceptors (Lipinski definition) is 6. The highest BCUT2D eigenvalue weighted by Crippen LogP contribution is 2.48. The van der Waals surface area contributed by atoms with E-state index in [0.717, 1.165) is 49.4 Å². The predicted octanol–water partition coefficient (Wildman–Crippen LogP) is 4.07. The van der Waals surface area contributed by atoms with Gasteiger partial charge in [0.05, 0.1) is 19.8 Å². The predicted molar refractivity (Wildman–Crippen MR) is 108 cm³/mol. The number of aryl methyl sites for hydroxylation is 2. The van der Waals surface area contributed by atoms with Crippen molar-refractivity contribution >= 4 is 0 Å². The van der Waals surface area contributed by atoms with Gasteiger partial charge in [-0.05, 0) is 56.7 Å². The number of aromatic nitrogens is 3. The lowest BCUT2D eigenvalue weighted by molar-refractivity contribution is -0.178. The van der Waals surface area contributed by atoms with Crippen LogP contribution >= 0.6 is 0 Å². The average Bonchev–Trinajstić information content (AvgIpc) is 3.38. The lowest BCUT2D eigenvalue weighted by Crippen LogP contribution is -2.34. The molecule has 0 radical (unpaired) electrons. The first-order valence-electron chi connectivity index (χ1n) is 10.8. The van der Waals surface area contributed by atoms with Crippen molar-refractivity contribution in [3.63, 3.8) is 0 Å². The molecule has 0 N–H and O–H groups in total. The molecule has 2 unspecified atom stereocenters. The Morgan fingerprint density at radius 2 is 1.93 bits per heavy atom. The third kappa shape index (κ3) is 4.01. The minimum absolute atomic E-state index is 0.342. The Hall–Kier alpha value is -2.05. The van der Waals surface area contributed by atoms with Crippen LogP contribution in [0.2, 0.25) is 0 Å². The first-order valence-corrected chi connectivity index (χ1v) is 10.8. The maximum absolute atomic E-state index is 6.25. The van der Waals surface area contributed by atoms with Gasteiger partial charge in [0.25, 0.3) is 0 Å². The third-order valence-corrected chi connectivity index (χ3v) is 6.57. The molecule has 0 amide bonds. The summed E-state index contributed by atoms with van der Waals surface area (Å²) in [6.45, 7) is 6.15. The van der Waals surface area contributed by atoms with Gasteiger partial charge in [-0.3, -0.25) is 4.98 Å². The smallest absolute Gasteiger partial charge is 0.220 e. The second-order valence-electron chi connectivity index (χ2n) is 8.73. The first kappa shape index (κ1) is 18.9. The molecule has 5 rings (SSSR count). The van der Waals surface area contributed by atoms with Crippen LogP contribution in [0, 0.1) is 19.8 Å². The van der Waals surface area contributed by atoms with E-state index >= 15 is 0 Å². The summed E-state index contributed by atoms with van der Waals surface area (Å²) in [5.41, 5.74) is 3.58. The highest BCUT2D eigenvalue weighted by Gasteiger charge is 2.42. The summed E-state index contributed by atoms with van der Waals surface area (Å²) in [6.07, 6.45) is 8.88. The van der Waals surface area contributed by atoms with E-state index in [-0.39, 0.29) is 5.79 Å². The molecule has 3 heterocycles. The molecule has 1 saturated heterocycles. The van der Waals surface area contributed by atoms with Crippen LogP contribution in [0.3, 0.4) is 0 Å². The molecule has 6 heteroatoms. The fraction of sp³-hybridized carbons (Fsp3) is 0.609. The van der Waals surface area contributed by atoms with Crippen molar-refractivity contribution in [2.45, 2.75) is 63.6 Å². The summed E-state index contributed by atoms with van der Waals surface area (Å²) in [7, 11) is 0. The van der Waals surface area contributed by atoms with Gasteiger partial charge in [0, 0.05) is 48.3 Å². The van der Waals surface area contributed by atoms with Gasteiger partial charge in [0.1, 0.15) is 5.82 Å². The van der Waals surface area contributed by atoms with Crippen molar-refractivity contribution in [1.82, 2.24) is 15.0 Å². The summed E-state index contributed by atoms with van der Waals surface area (Å²) in [4.78, 5) is 13.6. The van der Waals surface area contributed by atoms with E-state index in [4.69, 9.17) is 14.2 Å². The Morgan fingerprint density at radius 1 is 1.14 bits per heavy atom. The minimum atomic E-state index is -0.342. The van der Waals surface area contributed by atoms with Crippen LogP contribution in [0.1, 0.15) is 66.6 Å². The van der Waals surface area contributed by atoms with E-state index in [1.54, 1.807) is 0 Å². The number of pyridine rings is 1. The number of hydrogen-bond donors (Lipinski definition) is 0. The second kappa shape index (κ2) is 7.65. The molecule has 154 valence electrons. The molecule has 2 aliphatic carbocycles. The van der Waals surface area contributed by atoms with Gasteiger partial charge in [-0.15, -0.1) is 0 Å². The summed E-state index contributed by atoms with van der Waals surface area (Å²) >= 11 is 0. The Bertz CT molecular complexity index is 871. The van der Waals surface area contributed by atoms with Crippen molar-refractivity contribution in [3.05, 3.63) is 47.2 Å². The molecule has 1 aliphatic heterocycles. The summed E-state index contributed by atoms with van der Waals surface area (Å²) in [5.74, 6) is 2.60. The summed E-state index contributed by atoms with van der Waals surface area (Å²) < 4.78 is 18.0. The average molecular weight is 396 g/mol. The van der Waals surface area contributed by atoms with Crippen LogP contribution in [0.25, 0.3) is 0 Å². The molecule has 2 atom stereocenters. The van der Waals surface area contributed by atoms with E-state index in [1.807, 2.05) is 25.4 Å². The maximum atomic E-state index is 6.25. The van der Waals surface area contributed by atoms with E-state index in [1.165, 1.54) is 11.3 Å². The van der Waals surface area contributed by atoms with Crippen molar-refractivity contribution in [1.29, 1.82) is 0 Å². The molecule has 2 saturated carbocycles. The Labute approximate surface area is 172 Å². The molecule has 3 aliphatic rings. The molecule has 29 heavy (non-hydrogen) atoms. The topological polar surface area (TPSA) is 66.4 Å². The minimum Gasteiger partial charge on any atom is -0.477 e. The fourth-order valence-corrected chi connectivity index (χ4v) is 4.75. The molecule has 6 nitrogen and oxygen atoms in total. The largest absolute Gasteiger partial charge is 0.477 e.